The van der Waals surface area contributed by atoms with Crippen molar-refractivity contribution < 1.29 is 4.74 Å². The van der Waals surface area contributed by atoms with Crippen LogP contribution in [0.25, 0.3) is 11.2 Å². The number of hydrogen-bond donors (Lipinski definition) is 0. The zero-order valence-corrected chi connectivity index (χ0v) is 12.4. The number of fused-ring (bicyclic) bond motifs is 1. The molecule has 3 heterocycles. The first-order valence-corrected chi connectivity index (χ1v) is 7.74. The Bertz CT molecular complexity index is 763. The van der Waals surface area contributed by atoms with E-state index in [4.69, 9.17) is 4.74 Å². The van der Waals surface area contributed by atoms with Crippen LogP contribution >= 0.6 is 0 Å². The van der Waals surface area contributed by atoms with Gasteiger partial charge in [0.25, 0.3) is 0 Å². The highest BCUT2D eigenvalue weighted by Gasteiger charge is 2.19. The molecule has 112 valence electrons. The minimum Gasteiger partial charge on any atom is -0.358 e. The van der Waals surface area contributed by atoms with E-state index in [1.54, 1.807) is 6.33 Å². The molecular formula is C17H18N4O. The molecule has 0 N–H and O–H groups in total. The van der Waals surface area contributed by atoms with Crippen LogP contribution in [0.1, 0.15) is 36.7 Å². The predicted octanol–water partition coefficient (Wildman–Crippen LogP) is 3.12. The first-order chi connectivity index (χ1) is 10.9. The highest BCUT2D eigenvalue weighted by Crippen LogP contribution is 2.26. The normalized spacial score (nSPS) is 18.6. The van der Waals surface area contributed by atoms with E-state index in [0.29, 0.717) is 0 Å². The summed E-state index contributed by atoms with van der Waals surface area (Å²) in [6.45, 7) is 0.812. The summed E-state index contributed by atoms with van der Waals surface area (Å²) in [5, 5.41) is 0. The number of benzene rings is 1. The molecule has 1 aliphatic rings. The van der Waals surface area contributed by atoms with Gasteiger partial charge in [-0.05, 0) is 24.8 Å². The van der Waals surface area contributed by atoms with Gasteiger partial charge in [-0.25, -0.2) is 15.0 Å². The molecule has 1 fully saturated rings. The van der Waals surface area contributed by atoms with E-state index in [-0.39, 0.29) is 6.23 Å². The van der Waals surface area contributed by atoms with Crippen LogP contribution in [0, 0.1) is 0 Å². The van der Waals surface area contributed by atoms with Gasteiger partial charge in [0, 0.05) is 13.0 Å². The van der Waals surface area contributed by atoms with Gasteiger partial charge in [-0.3, -0.25) is 4.57 Å². The highest BCUT2D eigenvalue weighted by atomic mass is 16.5. The Morgan fingerprint density at radius 3 is 2.82 bits per heavy atom. The molecule has 3 aromatic rings. The lowest BCUT2D eigenvalue weighted by Crippen LogP contribution is -2.17. The fourth-order valence-electron chi connectivity index (χ4n) is 2.97. The van der Waals surface area contributed by atoms with Gasteiger partial charge in [-0.1, -0.05) is 30.3 Å². The second kappa shape index (κ2) is 5.85. The maximum absolute atomic E-state index is 5.85. The van der Waals surface area contributed by atoms with Crippen LogP contribution in [0.4, 0.5) is 0 Å². The molecule has 1 aromatic carbocycles. The third-order valence-corrected chi connectivity index (χ3v) is 4.11. The largest absolute Gasteiger partial charge is 0.358 e. The summed E-state index contributed by atoms with van der Waals surface area (Å²) in [6.07, 6.45) is 7.62. The van der Waals surface area contributed by atoms with E-state index in [1.165, 1.54) is 12.0 Å². The van der Waals surface area contributed by atoms with E-state index >= 15 is 0 Å². The van der Waals surface area contributed by atoms with Crippen molar-refractivity contribution in [3.05, 3.63) is 54.2 Å². The molecule has 0 spiro atoms. The molecule has 0 saturated carbocycles. The van der Waals surface area contributed by atoms with Gasteiger partial charge in [-0.15, -0.1) is 0 Å². The van der Waals surface area contributed by atoms with Crippen LogP contribution in [0.5, 0.6) is 0 Å². The Kier molecular flexibility index (Phi) is 3.56. The maximum atomic E-state index is 5.85. The third kappa shape index (κ3) is 2.48. The number of nitrogens with zero attached hydrogens (tertiary/aromatic N) is 4. The predicted molar refractivity (Wildman–Crippen MR) is 83.4 cm³/mol. The SMILES string of the molecule is c1ccc(Cc2ncnc3c2ncn3C2CCCCO2)cc1. The van der Waals surface area contributed by atoms with Crippen molar-refractivity contribution in [3.63, 3.8) is 0 Å². The number of aromatic nitrogens is 4. The molecule has 0 radical (unpaired) electrons. The van der Waals surface area contributed by atoms with Crippen molar-refractivity contribution in [2.75, 3.05) is 6.61 Å². The average molecular weight is 294 g/mol. The van der Waals surface area contributed by atoms with Gasteiger partial charge in [-0.2, -0.15) is 0 Å². The molecule has 22 heavy (non-hydrogen) atoms. The van der Waals surface area contributed by atoms with E-state index in [0.717, 1.165) is 42.7 Å². The zero-order chi connectivity index (χ0) is 14.8. The molecule has 1 unspecified atom stereocenters. The maximum Gasteiger partial charge on any atom is 0.165 e. The number of ether oxygens (including phenoxy) is 1. The Morgan fingerprint density at radius 2 is 2.00 bits per heavy atom. The molecule has 4 rings (SSSR count). The topological polar surface area (TPSA) is 52.8 Å². The van der Waals surface area contributed by atoms with Gasteiger partial charge in [0.05, 0.1) is 12.0 Å². The molecule has 0 bridgehead atoms. The van der Waals surface area contributed by atoms with Crippen LogP contribution in [-0.4, -0.2) is 26.1 Å². The Labute approximate surface area is 129 Å². The molecule has 1 saturated heterocycles. The van der Waals surface area contributed by atoms with Crippen molar-refractivity contribution in [1.29, 1.82) is 0 Å². The number of imidazole rings is 1. The first kappa shape index (κ1) is 13.4. The fraction of sp³-hybridized carbons (Fsp3) is 0.353. The lowest BCUT2D eigenvalue weighted by Gasteiger charge is -2.23. The van der Waals surface area contributed by atoms with Crippen molar-refractivity contribution >= 4 is 11.2 Å². The van der Waals surface area contributed by atoms with Crippen molar-refractivity contribution in [3.8, 4) is 0 Å². The second-order valence-electron chi connectivity index (χ2n) is 5.63. The summed E-state index contributed by atoms with van der Waals surface area (Å²) < 4.78 is 7.90. The minimum atomic E-state index is 0.0539. The van der Waals surface area contributed by atoms with Gasteiger partial charge in [0.1, 0.15) is 18.1 Å². The lowest BCUT2D eigenvalue weighted by molar-refractivity contribution is -0.0298. The summed E-state index contributed by atoms with van der Waals surface area (Å²) in [5.41, 5.74) is 3.94. The Balaban J connectivity index is 1.70. The molecule has 1 aliphatic heterocycles. The van der Waals surface area contributed by atoms with Gasteiger partial charge in [0.15, 0.2) is 5.65 Å². The summed E-state index contributed by atoms with van der Waals surface area (Å²) in [6, 6.07) is 10.3. The minimum absolute atomic E-state index is 0.0539. The van der Waals surface area contributed by atoms with Crippen molar-refractivity contribution in [2.45, 2.75) is 31.9 Å². The third-order valence-electron chi connectivity index (χ3n) is 4.11. The first-order valence-electron chi connectivity index (χ1n) is 7.74. The molecule has 5 nitrogen and oxygen atoms in total. The summed E-state index contributed by atoms with van der Waals surface area (Å²) in [5.74, 6) is 0. The molecule has 5 heteroatoms. The van der Waals surface area contributed by atoms with Crippen LogP contribution in [0.15, 0.2) is 43.0 Å². The van der Waals surface area contributed by atoms with E-state index in [1.807, 2.05) is 29.1 Å². The fourth-order valence-corrected chi connectivity index (χ4v) is 2.97. The molecular weight excluding hydrogens is 276 g/mol. The van der Waals surface area contributed by atoms with Crippen LogP contribution in [-0.2, 0) is 11.2 Å². The zero-order valence-electron chi connectivity index (χ0n) is 12.4. The standard InChI is InChI=1S/C17H18N4O/c1-2-6-13(7-3-1)10-14-16-17(19-11-18-14)21(12-20-16)15-8-4-5-9-22-15/h1-3,6-7,11-12,15H,4-5,8-10H2. The summed E-state index contributed by atoms with van der Waals surface area (Å²) in [4.78, 5) is 13.4. The Hall–Kier alpha value is -2.27. The van der Waals surface area contributed by atoms with Gasteiger partial charge in [0.2, 0.25) is 0 Å². The van der Waals surface area contributed by atoms with Crippen LogP contribution in [0.2, 0.25) is 0 Å². The highest BCUT2D eigenvalue weighted by molar-refractivity contribution is 5.73. The number of hydrogen-bond acceptors (Lipinski definition) is 4. The molecule has 0 aliphatic carbocycles. The smallest absolute Gasteiger partial charge is 0.165 e. The van der Waals surface area contributed by atoms with Crippen molar-refractivity contribution in [1.82, 2.24) is 19.5 Å². The monoisotopic (exact) mass is 294 g/mol. The summed E-state index contributed by atoms with van der Waals surface area (Å²) in [7, 11) is 0. The number of rotatable bonds is 3. The lowest BCUT2D eigenvalue weighted by atomic mass is 10.1. The van der Waals surface area contributed by atoms with Gasteiger partial charge >= 0.3 is 0 Å². The average Bonchev–Trinajstić information content (AvgIpc) is 3.02. The van der Waals surface area contributed by atoms with Crippen molar-refractivity contribution in [2.24, 2.45) is 0 Å². The molecule has 2 aromatic heterocycles. The van der Waals surface area contributed by atoms with E-state index in [9.17, 15) is 0 Å². The second-order valence-corrected chi connectivity index (χ2v) is 5.63. The van der Waals surface area contributed by atoms with Crippen LogP contribution < -0.4 is 0 Å². The molecule has 0 amide bonds. The van der Waals surface area contributed by atoms with Crippen LogP contribution in [0.3, 0.4) is 0 Å². The van der Waals surface area contributed by atoms with E-state index < -0.39 is 0 Å². The molecule has 1 atom stereocenters. The quantitative estimate of drug-likeness (QED) is 0.745. The van der Waals surface area contributed by atoms with Gasteiger partial charge < -0.3 is 4.74 Å². The Morgan fingerprint density at radius 1 is 1.09 bits per heavy atom. The summed E-state index contributed by atoms with van der Waals surface area (Å²) >= 11 is 0. The van der Waals surface area contributed by atoms with E-state index in [2.05, 4.69) is 27.1 Å².